The SMILES string of the molecule is COC(CNC(=O)c1c(C)c(N)c(I)c(C(=O)NCC(OC)OC)c1I)OC. The first-order chi connectivity index (χ1) is 13.2. The zero-order valence-corrected chi connectivity index (χ0v) is 20.7. The Kier molecular flexibility index (Phi) is 10.9. The molecule has 0 fully saturated rings. The van der Waals surface area contributed by atoms with Crippen LogP contribution in [0.25, 0.3) is 0 Å². The lowest BCUT2D eigenvalue weighted by Crippen LogP contribution is -2.37. The summed E-state index contributed by atoms with van der Waals surface area (Å²) in [5.41, 5.74) is 7.82. The van der Waals surface area contributed by atoms with E-state index in [1.54, 1.807) is 6.92 Å². The van der Waals surface area contributed by atoms with E-state index >= 15 is 0 Å². The van der Waals surface area contributed by atoms with Crippen molar-refractivity contribution in [2.24, 2.45) is 0 Å². The van der Waals surface area contributed by atoms with Gasteiger partial charge in [-0.3, -0.25) is 9.59 Å². The summed E-state index contributed by atoms with van der Waals surface area (Å²) in [6, 6.07) is 0. The van der Waals surface area contributed by atoms with E-state index < -0.39 is 12.6 Å². The van der Waals surface area contributed by atoms with E-state index in [0.717, 1.165) is 0 Å². The number of amides is 2. The van der Waals surface area contributed by atoms with Crippen LogP contribution in [0.2, 0.25) is 0 Å². The summed E-state index contributed by atoms with van der Waals surface area (Å²) in [7, 11) is 5.92. The Morgan fingerprint density at radius 1 is 0.857 bits per heavy atom. The highest BCUT2D eigenvalue weighted by molar-refractivity contribution is 14.1. The summed E-state index contributed by atoms with van der Waals surface area (Å²) in [6.07, 6.45) is -1.16. The van der Waals surface area contributed by atoms with Gasteiger partial charge in [-0.05, 0) is 57.7 Å². The van der Waals surface area contributed by atoms with Crippen molar-refractivity contribution >= 4 is 62.7 Å². The number of ether oxygens (including phenoxy) is 4. The summed E-state index contributed by atoms with van der Waals surface area (Å²) in [6.45, 7) is 2.04. The Labute approximate surface area is 191 Å². The smallest absolute Gasteiger partial charge is 0.253 e. The van der Waals surface area contributed by atoms with Crippen LogP contribution in [0.4, 0.5) is 5.69 Å². The van der Waals surface area contributed by atoms with Gasteiger partial charge >= 0.3 is 0 Å². The second-order valence-electron chi connectivity index (χ2n) is 5.64. The molecule has 9 nitrogen and oxygen atoms in total. The first kappa shape index (κ1) is 25.3. The third-order valence-corrected chi connectivity index (χ3v) is 6.24. The summed E-state index contributed by atoms with van der Waals surface area (Å²) in [5, 5.41) is 5.48. The van der Waals surface area contributed by atoms with Gasteiger partial charge in [0.1, 0.15) is 0 Å². The molecular formula is C17H25I2N3O6. The van der Waals surface area contributed by atoms with Crippen LogP contribution in [0.15, 0.2) is 0 Å². The number of methoxy groups -OCH3 is 4. The van der Waals surface area contributed by atoms with Gasteiger partial charge in [-0.25, -0.2) is 0 Å². The van der Waals surface area contributed by atoms with Crippen LogP contribution in [-0.4, -0.2) is 65.9 Å². The van der Waals surface area contributed by atoms with Gasteiger partial charge in [0, 0.05) is 37.7 Å². The third kappa shape index (κ3) is 6.13. The summed E-state index contributed by atoms with van der Waals surface area (Å²) < 4.78 is 21.4. The normalized spacial score (nSPS) is 11.2. The number of carbonyl (C=O) groups is 2. The van der Waals surface area contributed by atoms with Gasteiger partial charge in [-0.15, -0.1) is 0 Å². The maximum absolute atomic E-state index is 12.8. The number of hydrogen-bond acceptors (Lipinski definition) is 7. The van der Waals surface area contributed by atoms with E-state index in [1.165, 1.54) is 28.4 Å². The molecule has 2 amide bonds. The van der Waals surface area contributed by atoms with Crippen LogP contribution in [0.3, 0.4) is 0 Å². The molecule has 158 valence electrons. The largest absolute Gasteiger partial charge is 0.398 e. The molecule has 0 heterocycles. The average molecular weight is 621 g/mol. The summed E-state index contributed by atoms with van der Waals surface area (Å²) in [4.78, 5) is 25.5. The molecule has 0 unspecified atom stereocenters. The zero-order chi connectivity index (χ0) is 21.4. The van der Waals surface area contributed by atoms with Gasteiger partial charge in [0.05, 0.1) is 27.8 Å². The van der Waals surface area contributed by atoms with E-state index in [4.69, 9.17) is 24.7 Å². The zero-order valence-electron chi connectivity index (χ0n) is 16.4. The minimum absolute atomic E-state index is 0.149. The minimum atomic E-state index is -0.579. The van der Waals surface area contributed by atoms with Crippen molar-refractivity contribution in [3.8, 4) is 0 Å². The fourth-order valence-electron chi connectivity index (χ4n) is 2.34. The van der Waals surface area contributed by atoms with Crippen molar-refractivity contribution in [2.45, 2.75) is 19.5 Å². The maximum atomic E-state index is 12.8. The Morgan fingerprint density at radius 2 is 1.25 bits per heavy atom. The van der Waals surface area contributed by atoms with Gasteiger partial charge in [-0.2, -0.15) is 0 Å². The number of carbonyl (C=O) groups excluding carboxylic acids is 2. The molecule has 0 aliphatic heterocycles. The molecule has 0 aliphatic rings. The summed E-state index contributed by atoms with van der Waals surface area (Å²) in [5.74, 6) is -0.745. The van der Waals surface area contributed by atoms with Crippen molar-refractivity contribution < 1.29 is 28.5 Å². The fraction of sp³-hybridized carbons (Fsp3) is 0.529. The highest BCUT2D eigenvalue weighted by atomic mass is 127. The number of benzene rings is 1. The lowest BCUT2D eigenvalue weighted by Gasteiger charge is -2.20. The molecule has 1 aromatic rings. The molecule has 0 saturated heterocycles. The lowest BCUT2D eigenvalue weighted by molar-refractivity contribution is -0.0975. The van der Waals surface area contributed by atoms with Crippen LogP contribution in [0, 0.1) is 14.1 Å². The molecule has 1 aromatic carbocycles. The number of anilines is 1. The van der Waals surface area contributed by atoms with Crippen molar-refractivity contribution in [1.82, 2.24) is 10.6 Å². The van der Waals surface area contributed by atoms with Gasteiger partial charge < -0.3 is 35.3 Å². The Morgan fingerprint density at radius 3 is 1.64 bits per heavy atom. The van der Waals surface area contributed by atoms with Crippen LogP contribution in [-0.2, 0) is 18.9 Å². The third-order valence-electron chi connectivity index (χ3n) is 4.04. The lowest BCUT2D eigenvalue weighted by atomic mass is 10.0. The molecule has 28 heavy (non-hydrogen) atoms. The number of nitrogens with two attached hydrogens (primary N) is 1. The first-order valence-corrected chi connectivity index (χ1v) is 10.3. The van der Waals surface area contributed by atoms with Gasteiger partial charge in [0.25, 0.3) is 11.8 Å². The number of hydrogen-bond donors (Lipinski definition) is 3. The van der Waals surface area contributed by atoms with Crippen molar-refractivity contribution in [2.75, 3.05) is 47.3 Å². The molecule has 11 heteroatoms. The maximum Gasteiger partial charge on any atom is 0.253 e. The Balaban J connectivity index is 3.20. The van der Waals surface area contributed by atoms with Crippen LogP contribution < -0.4 is 16.4 Å². The highest BCUT2D eigenvalue weighted by Gasteiger charge is 2.26. The van der Waals surface area contributed by atoms with E-state index in [-0.39, 0.29) is 24.9 Å². The van der Waals surface area contributed by atoms with Crippen molar-refractivity contribution in [3.05, 3.63) is 23.8 Å². The summed E-state index contributed by atoms with van der Waals surface area (Å²) >= 11 is 3.99. The van der Waals surface area contributed by atoms with Crippen LogP contribution >= 0.6 is 45.2 Å². The predicted molar refractivity (Wildman–Crippen MR) is 121 cm³/mol. The van der Waals surface area contributed by atoms with E-state index in [9.17, 15) is 9.59 Å². The van der Waals surface area contributed by atoms with Gasteiger partial charge in [0.15, 0.2) is 12.6 Å². The molecule has 0 saturated carbocycles. The average Bonchev–Trinajstić information content (AvgIpc) is 2.68. The molecule has 0 aromatic heterocycles. The van der Waals surface area contributed by atoms with E-state index in [2.05, 4.69) is 10.6 Å². The number of nitrogens with one attached hydrogen (secondary N) is 2. The number of nitrogen functional groups attached to an aromatic ring is 1. The van der Waals surface area contributed by atoms with Crippen molar-refractivity contribution in [3.63, 3.8) is 0 Å². The second-order valence-corrected chi connectivity index (χ2v) is 7.80. The molecule has 0 atom stereocenters. The second kappa shape index (κ2) is 12.1. The predicted octanol–water partition coefficient (Wildman–Crippen LogP) is 1.48. The van der Waals surface area contributed by atoms with Crippen LogP contribution in [0.5, 0.6) is 0 Å². The molecule has 0 aliphatic carbocycles. The van der Waals surface area contributed by atoms with Gasteiger partial charge in [-0.1, -0.05) is 0 Å². The number of halogens is 2. The fourth-order valence-corrected chi connectivity index (χ4v) is 4.94. The Bertz CT molecular complexity index is 654. The topological polar surface area (TPSA) is 121 Å². The quantitative estimate of drug-likeness (QED) is 0.206. The molecule has 4 N–H and O–H groups in total. The molecule has 0 bridgehead atoms. The Hall–Kier alpha value is -0.740. The molecular weight excluding hydrogens is 596 g/mol. The first-order valence-electron chi connectivity index (χ1n) is 8.17. The van der Waals surface area contributed by atoms with Crippen molar-refractivity contribution in [1.29, 1.82) is 0 Å². The molecule has 1 rings (SSSR count). The van der Waals surface area contributed by atoms with Gasteiger partial charge in [0.2, 0.25) is 0 Å². The standard InChI is InChI=1S/C17H25I2N3O6/c1-8-11(16(23)21-6-9(25-2)26-3)13(18)12(14(19)15(8)20)17(24)22-7-10(27-4)28-5/h9-10H,6-7,20H2,1-5H3,(H,21,23)(H,22,24). The molecule has 0 radical (unpaired) electrons. The number of rotatable bonds is 10. The highest BCUT2D eigenvalue weighted by Crippen LogP contribution is 2.32. The van der Waals surface area contributed by atoms with Crippen LogP contribution in [0.1, 0.15) is 26.3 Å². The minimum Gasteiger partial charge on any atom is -0.398 e. The van der Waals surface area contributed by atoms with E-state index in [1.807, 2.05) is 45.2 Å². The van der Waals surface area contributed by atoms with E-state index in [0.29, 0.717) is 29.5 Å². The molecule has 0 spiro atoms. The monoisotopic (exact) mass is 621 g/mol.